The maximum absolute atomic E-state index is 12.9. The lowest BCUT2D eigenvalue weighted by Gasteiger charge is -2.36. The van der Waals surface area contributed by atoms with Crippen molar-refractivity contribution in [1.82, 2.24) is 15.5 Å². The van der Waals surface area contributed by atoms with E-state index in [2.05, 4.69) is 10.6 Å². The molecule has 0 saturated carbocycles. The number of piperidine rings is 1. The zero-order chi connectivity index (χ0) is 16.8. The molecule has 0 aromatic heterocycles. The van der Waals surface area contributed by atoms with E-state index in [4.69, 9.17) is 0 Å². The summed E-state index contributed by atoms with van der Waals surface area (Å²) in [6.45, 7) is 5.40. The Bertz CT molecular complexity index is 536. The molecule has 2 N–H and O–H groups in total. The van der Waals surface area contributed by atoms with Crippen molar-refractivity contribution < 1.29 is 9.59 Å². The number of carbonyl (C=O) groups is 2. The molecule has 6 heteroatoms. The van der Waals surface area contributed by atoms with Gasteiger partial charge < -0.3 is 15.5 Å². The first-order valence-corrected chi connectivity index (χ1v) is 8.35. The first kappa shape index (κ1) is 20.5. The van der Waals surface area contributed by atoms with Crippen LogP contribution in [0.5, 0.6) is 0 Å². The lowest BCUT2D eigenvalue weighted by molar-refractivity contribution is -0.135. The van der Waals surface area contributed by atoms with E-state index in [0.717, 1.165) is 19.4 Å². The van der Waals surface area contributed by atoms with Crippen LogP contribution in [0.4, 0.5) is 0 Å². The van der Waals surface area contributed by atoms with Gasteiger partial charge in [0.2, 0.25) is 5.91 Å². The summed E-state index contributed by atoms with van der Waals surface area (Å²) in [5, 5.41) is 6.15. The SMILES string of the molecule is CNC1CCCN(C(=O)C(NC(=O)c2ccccc2)C(C)C)C1.Cl. The molecule has 2 atom stereocenters. The van der Waals surface area contributed by atoms with Gasteiger partial charge in [0, 0.05) is 24.7 Å². The Labute approximate surface area is 150 Å². The number of likely N-dealkylation sites (N-methyl/N-ethyl adjacent to an activating group) is 1. The van der Waals surface area contributed by atoms with Gasteiger partial charge in [0.15, 0.2) is 0 Å². The first-order valence-electron chi connectivity index (χ1n) is 8.35. The molecule has 1 saturated heterocycles. The Morgan fingerprint density at radius 2 is 1.88 bits per heavy atom. The van der Waals surface area contributed by atoms with Gasteiger partial charge in [-0.3, -0.25) is 9.59 Å². The first-order chi connectivity index (χ1) is 11.0. The third-order valence-electron chi connectivity index (χ3n) is 4.40. The Balaban J connectivity index is 0.00000288. The molecule has 2 unspecified atom stereocenters. The topological polar surface area (TPSA) is 61.4 Å². The second kappa shape index (κ2) is 9.64. The minimum absolute atomic E-state index is 0. The summed E-state index contributed by atoms with van der Waals surface area (Å²) in [4.78, 5) is 27.1. The number of halogens is 1. The summed E-state index contributed by atoms with van der Waals surface area (Å²) >= 11 is 0. The summed E-state index contributed by atoms with van der Waals surface area (Å²) in [5.41, 5.74) is 0.581. The average molecular weight is 354 g/mol. The predicted octanol–water partition coefficient (Wildman–Crippen LogP) is 2.07. The van der Waals surface area contributed by atoms with Crippen molar-refractivity contribution in [2.24, 2.45) is 5.92 Å². The number of nitrogens with one attached hydrogen (secondary N) is 2. The smallest absolute Gasteiger partial charge is 0.251 e. The maximum Gasteiger partial charge on any atom is 0.251 e. The number of likely N-dealkylation sites (tertiary alicyclic amines) is 1. The van der Waals surface area contributed by atoms with Gasteiger partial charge in [-0.05, 0) is 37.9 Å². The molecule has 134 valence electrons. The van der Waals surface area contributed by atoms with E-state index in [1.807, 2.05) is 44.0 Å². The molecule has 1 aromatic carbocycles. The van der Waals surface area contributed by atoms with Crippen molar-refractivity contribution in [3.05, 3.63) is 35.9 Å². The quantitative estimate of drug-likeness (QED) is 0.852. The van der Waals surface area contributed by atoms with E-state index in [-0.39, 0.29) is 30.1 Å². The summed E-state index contributed by atoms with van der Waals surface area (Å²) in [6.07, 6.45) is 2.08. The van der Waals surface area contributed by atoms with Gasteiger partial charge in [-0.1, -0.05) is 32.0 Å². The van der Waals surface area contributed by atoms with Crippen LogP contribution < -0.4 is 10.6 Å². The van der Waals surface area contributed by atoms with Crippen LogP contribution in [0, 0.1) is 5.92 Å². The van der Waals surface area contributed by atoms with Crippen LogP contribution in [0.1, 0.15) is 37.0 Å². The number of amides is 2. The molecule has 5 nitrogen and oxygen atoms in total. The molecule has 0 radical (unpaired) electrons. The zero-order valence-electron chi connectivity index (χ0n) is 14.6. The zero-order valence-corrected chi connectivity index (χ0v) is 15.4. The molecule has 1 aromatic rings. The Kier molecular flexibility index (Phi) is 8.22. The van der Waals surface area contributed by atoms with Crippen molar-refractivity contribution in [3.8, 4) is 0 Å². The van der Waals surface area contributed by atoms with Gasteiger partial charge in [0.05, 0.1) is 0 Å². The van der Waals surface area contributed by atoms with Crippen LogP contribution in [0.2, 0.25) is 0 Å². The van der Waals surface area contributed by atoms with Crippen molar-refractivity contribution in [2.45, 2.75) is 38.8 Å². The number of rotatable bonds is 5. The second-order valence-corrected chi connectivity index (χ2v) is 6.47. The molecule has 1 aliphatic rings. The van der Waals surface area contributed by atoms with Crippen LogP contribution >= 0.6 is 12.4 Å². The Morgan fingerprint density at radius 3 is 2.46 bits per heavy atom. The van der Waals surface area contributed by atoms with Crippen molar-refractivity contribution >= 4 is 24.2 Å². The molecule has 1 heterocycles. The highest BCUT2D eigenvalue weighted by molar-refractivity contribution is 5.97. The summed E-state index contributed by atoms with van der Waals surface area (Å²) in [5.74, 6) is -0.130. The normalized spacial score (nSPS) is 18.7. The standard InChI is InChI=1S/C18H27N3O2.ClH/c1-13(2)16(20-17(22)14-8-5-4-6-9-14)18(23)21-11-7-10-15(12-21)19-3;/h4-6,8-9,13,15-16,19H,7,10-12H2,1-3H3,(H,20,22);1H. The van der Waals surface area contributed by atoms with Crippen molar-refractivity contribution in [1.29, 1.82) is 0 Å². The molecule has 24 heavy (non-hydrogen) atoms. The fourth-order valence-corrected chi connectivity index (χ4v) is 2.94. The summed E-state index contributed by atoms with van der Waals surface area (Å²) in [6, 6.07) is 8.88. The molecule has 0 bridgehead atoms. The van der Waals surface area contributed by atoms with Gasteiger partial charge >= 0.3 is 0 Å². The highest BCUT2D eigenvalue weighted by Gasteiger charge is 2.31. The molecule has 0 spiro atoms. The third kappa shape index (κ3) is 5.21. The third-order valence-corrected chi connectivity index (χ3v) is 4.40. The van der Waals surface area contributed by atoms with E-state index in [1.165, 1.54) is 0 Å². The number of benzene rings is 1. The lowest BCUT2D eigenvalue weighted by Crippen LogP contribution is -2.55. The highest BCUT2D eigenvalue weighted by Crippen LogP contribution is 2.14. The molecule has 1 aliphatic heterocycles. The monoisotopic (exact) mass is 353 g/mol. The van der Waals surface area contributed by atoms with Crippen LogP contribution in [0.25, 0.3) is 0 Å². The average Bonchev–Trinajstić information content (AvgIpc) is 2.59. The number of carbonyl (C=O) groups excluding carboxylic acids is 2. The maximum atomic E-state index is 12.9. The van der Waals surface area contributed by atoms with Crippen molar-refractivity contribution in [3.63, 3.8) is 0 Å². The van der Waals surface area contributed by atoms with Crippen molar-refractivity contribution in [2.75, 3.05) is 20.1 Å². The van der Waals surface area contributed by atoms with E-state index in [1.54, 1.807) is 12.1 Å². The highest BCUT2D eigenvalue weighted by atomic mass is 35.5. The second-order valence-electron chi connectivity index (χ2n) is 6.47. The Morgan fingerprint density at radius 1 is 1.21 bits per heavy atom. The summed E-state index contributed by atoms with van der Waals surface area (Å²) in [7, 11) is 1.93. The van der Waals surface area contributed by atoms with Crippen LogP contribution in [0.15, 0.2) is 30.3 Å². The lowest BCUT2D eigenvalue weighted by atomic mass is 9.99. The van der Waals surface area contributed by atoms with Gasteiger partial charge in [-0.25, -0.2) is 0 Å². The predicted molar refractivity (Wildman–Crippen MR) is 98.4 cm³/mol. The molecule has 2 amide bonds. The minimum atomic E-state index is -0.488. The minimum Gasteiger partial charge on any atom is -0.340 e. The van der Waals surface area contributed by atoms with Gasteiger partial charge in [-0.2, -0.15) is 0 Å². The van der Waals surface area contributed by atoms with Crippen LogP contribution in [-0.2, 0) is 4.79 Å². The number of hydrogen-bond acceptors (Lipinski definition) is 3. The van der Waals surface area contributed by atoms with E-state index < -0.39 is 6.04 Å². The molecule has 1 fully saturated rings. The molecular weight excluding hydrogens is 326 g/mol. The number of hydrogen-bond donors (Lipinski definition) is 2. The van der Waals surface area contributed by atoms with Gasteiger partial charge in [0.1, 0.15) is 6.04 Å². The largest absolute Gasteiger partial charge is 0.340 e. The fourth-order valence-electron chi connectivity index (χ4n) is 2.94. The summed E-state index contributed by atoms with van der Waals surface area (Å²) < 4.78 is 0. The molecular formula is C18H28ClN3O2. The van der Waals surface area contributed by atoms with Gasteiger partial charge in [0.25, 0.3) is 5.91 Å². The molecule has 2 rings (SSSR count). The number of nitrogens with zero attached hydrogens (tertiary/aromatic N) is 1. The van der Waals surface area contributed by atoms with Gasteiger partial charge in [-0.15, -0.1) is 12.4 Å². The van der Waals surface area contributed by atoms with E-state index >= 15 is 0 Å². The van der Waals surface area contributed by atoms with Crippen LogP contribution in [-0.4, -0.2) is 48.9 Å². The molecule has 0 aliphatic carbocycles. The fraction of sp³-hybridized carbons (Fsp3) is 0.556. The Hall–Kier alpha value is -1.59. The van der Waals surface area contributed by atoms with Crippen LogP contribution in [0.3, 0.4) is 0 Å². The van der Waals surface area contributed by atoms with E-state index in [9.17, 15) is 9.59 Å². The van der Waals surface area contributed by atoms with E-state index in [0.29, 0.717) is 18.2 Å².